The van der Waals surface area contributed by atoms with E-state index in [1.807, 2.05) is 12.1 Å². The number of carboxylic acids is 1. The fraction of sp³-hybridized carbons (Fsp3) is 0.529. The molecule has 6 nitrogen and oxygen atoms in total. The highest BCUT2D eigenvalue weighted by Crippen LogP contribution is 2.24. The number of nitrogens with one attached hydrogen (secondary N) is 2. The highest BCUT2D eigenvalue weighted by Gasteiger charge is 2.26. The predicted molar refractivity (Wildman–Crippen MR) is 86.3 cm³/mol. The summed E-state index contributed by atoms with van der Waals surface area (Å²) in [5, 5.41) is 23.9. The van der Waals surface area contributed by atoms with Gasteiger partial charge in [-0.15, -0.1) is 0 Å². The largest absolute Gasteiger partial charge is 0.508 e. The summed E-state index contributed by atoms with van der Waals surface area (Å²) in [6.45, 7) is 0.581. The van der Waals surface area contributed by atoms with E-state index in [0.29, 0.717) is 19.4 Å². The van der Waals surface area contributed by atoms with Crippen LogP contribution in [0.3, 0.4) is 0 Å². The van der Waals surface area contributed by atoms with Crippen LogP contribution in [-0.4, -0.2) is 34.8 Å². The molecule has 0 bridgehead atoms. The second-order valence-corrected chi connectivity index (χ2v) is 6.06. The lowest BCUT2D eigenvalue weighted by atomic mass is 9.86. The Balaban J connectivity index is 1.58. The van der Waals surface area contributed by atoms with Crippen molar-refractivity contribution in [3.63, 3.8) is 0 Å². The van der Waals surface area contributed by atoms with Crippen LogP contribution < -0.4 is 10.6 Å². The topological polar surface area (TPSA) is 98.7 Å². The standard InChI is InChI=1S/C17H24N2O4/c20-15-9-3-12(4-10-15)2-1-11-18-17(23)19-14-7-5-13(6-8-14)16(21)22/h3-4,9-10,13-14,20H,1-2,5-8,11H2,(H,21,22)(H2,18,19,23). The zero-order valence-corrected chi connectivity index (χ0v) is 13.1. The lowest BCUT2D eigenvalue weighted by Gasteiger charge is -2.26. The van der Waals surface area contributed by atoms with Crippen LogP contribution in [0.25, 0.3) is 0 Å². The molecule has 1 aromatic rings. The van der Waals surface area contributed by atoms with Gasteiger partial charge in [-0.25, -0.2) is 4.79 Å². The summed E-state index contributed by atoms with van der Waals surface area (Å²) in [6, 6.07) is 6.94. The number of benzene rings is 1. The van der Waals surface area contributed by atoms with E-state index in [-0.39, 0.29) is 23.7 Å². The summed E-state index contributed by atoms with van der Waals surface area (Å²) in [4.78, 5) is 22.7. The maximum absolute atomic E-state index is 11.8. The minimum absolute atomic E-state index is 0.0719. The maximum Gasteiger partial charge on any atom is 0.315 e. The highest BCUT2D eigenvalue weighted by molar-refractivity contribution is 5.74. The predicted octanol–water partition coefficient (Wildman–Crippen LogP) is 2.27. The van der Waals surface area contributed by atoms with Gasteiger partial charge in [0.1, 0.15) is 5.75 Å². The Bertz CT molecular complexity index is 522. The average molecular weight is 320 g/mol. The Morgan fingerprint density at radius 1 is 1.09 bits per heavy atom. The van der Waals surface area contributed by atoms with Gasteiger partial charge in [0.25, 0.3) is 0 Å². The van der Waals surface area contributed by atoms with Crippen LogP contribution in [-0.2, 0) is 11.2 Å². The van der Waals surface area contributed by atoms with Crippen molar-refractivity contribution in [3.05, 3.63) is 29.8 Å². The fourth-order valence-corrected chi connectivity index (χ4v) is 2.88. The number of aryl methyl sites for hydroxylation is 1. The number of phenolic OH excluding ortho intramolecular Hbond substituents is 1. The zero-order valence-electron chi connectivity index (χ0n) is 13.1. The van der Waals surface area contributed by atoms with Crippen molar-refractivity contribution in [2.75, 3.05) is 6.54 Å². The fourth-order valence-electron chi connectivity index (χ4n) is 2.88. The van der Waals surface area contributed by atoms with E-state index >= 15 is 0 Å². The molecule has 0 atom stereocenters. The van der Waals surface area contributed by atoms with Gasteiger partial charge in [-0.05, 0) is 56.2 Å². The summed E-state index contributed by atoms with van der Waals surface area (Å²) in [5.41, 5.74) is 1.12. The number of aliphatic carboxylic acids is 1. The summed E-state index contributed by atoms with van der Waals surface area (Å²) >= 11 is 0. The first-order valence-corrected chi connectivity index (χ1v) is 8.09. The lowest BCUT2D eigenvalue weighted by Crippen LogP contribution is -2.44. The van der Waals surface area contributed by atoms with Gasteiger partial charge in [0.15, 0.2) is 0 Å². The van der Waals surface area contributed by atoms with E-state index in [1.165, 1.54) is 0 Å². The molecule has 0 heterocycles. The number of hydrogen-bond donors (Lipinski definition) is 4. The maximum atomic E-state index is 11.8. The molecule has 0 aliphatic heterocycles. The molecule has 126 valence electrons. The van der Waals surface area contributed by atoms with Crippen LogP contribution in [0.2, 0.25) is 0 Å². The molecule has 2 rings (SSSR count). The Labute approximate surface area is 135 Å². The third-order valence-electron chi connectivity index (χ3n) is 4.28. The summed E-state index contributed by atoms with van der Waals surface area (Å²) in [6.07, 6.45) is 4.35. The van der Waals surface area contributed by atoms with E-state index in [4.69, 9.17) is 5.11 Å². The molecule has 4 N–H and O–H groups in total. The molecule has 0 unspecified atom stereocenters. The molecule has 0 aromatic heterocycles. The number of hydrogen-bond acceptors (Lipinski definition) is 3. The first-order chi connectivity index (χ1) is 11.0. The molecule has 6 heteroatoms. The van der Waals surface area contributed by atoms with E-state index < -0.39 is 5.97 Å². The van der Waals surface area contributed by atoms with Crippen molar-refractivity contribution in [2.24, 2.45) is 5.92 Å². The van der Waals surface area contributed by atoms with Gasteiger partial charge in [-0.2, -0.15) is 0 Å². The van der Waals surface area contributed by atoms with Crippen LogP contribution in [0.5, 0.6) is 5.75 Å². The quantitative estimate of drug-likeness (QED) is 0.604. The molecule has 23 heavy (non-hydrogen) atoms. The van der Waals surface area contributed by atoms with Gasteiger partial charge in [-0.3, -0.25) is 4.79 Å². The molecule has 1 saturated carbocycles. The Morgan fingerprint density at radius 2 is 1.74 bits per heavy atom. The first-order valence-electron chi connectivity index (χ1n) is 8.09. The molecule has 1 aliphatic carbocycles. The number of rotatable bonds is 6. The van der Waals surface area contributed by atoms with Gasteiger partial charge < -0.3 is 20.8 Å². The number of phenols is 1. The molecule has 1 aromatic carbocycles. The Morgan fingerprint density at radius 3 is 2.35 bits per heavy atom. The minimum Gasteiger partial charge on any atom is -0.508 e. The van der Waals surface area contributed by atoms with Gasteiger partial charge in [-0.1, -0.05) is 12.1 Å². The minimum atomic E-state index is -0.734. The van der Waals surface area contributed by atoms with Crippen molar-refractivity contribution in [1.29, 1.82) is 0 Å². The van der Waals surface area contributed by atoms with Gasteiger partial charge in [0.2, 0.25) is 0 Å². The van der Waals surface area contributed by atoms with Crippen LogP contribution in [0.1, 0.15) is 37.7 Å². The van der Waals surface area contributed by atoms with Crippen LogP contribution in [0.15, 0.2) is 24.3 Å². The number of carboxylic acid groups (broad SMARTS) is 1. The molecule has 0 spiro atoms. The van der Waals surface area contributed by atoms with Crippen LogP contribution in [0.4, 0.5) is 4.79 Å². The number of carbonyl (C=O) groups excluding carboxylic acids is 1. The summed E-state index contributed by atoms with van der Waals surface area (Å²) in [5.74, 6) is -0.743. The van der Waals surface area contributed by atoms with Crippen molar-refractivity contribution < 1.29 is 19.8 Å². The van der Waals surface area contributed by atoms with E-state index in [1.54, 1.807) is 12.1 Å². The number of aromatic hydroxyl groups is 1. The van der Waals surface area contributed by atoms with E-state index in [0.717, 1.165) is 31.2 Å². The lowest BCUT2D eigenvalue weighted by molar-refractivity contribution is -0.142. The van der Waals surface area contributed by atoms with Crippen molar-refractivity contribution in [1.82, 2.24) is 10.6 Å². The smallest absolute Gasteiger partial charge is 0.315 e. The van der Waals surface area contributed by atoms with Crippen molar-refractivity contribution in [3.8, 4) is 5.75 Å². The summed E-state index contributed by atoms with van der Waals surface area (Å²) < 4.78 is 0. The second kappa shape index (κ2) is 8.41. The SMILES string of the molecule is O=C(NCCCc1ccc(O)cc1)NC1CCC(C(=O)O)CC1. The normalized spacial score (nSPS) is 20.7. The molecular formula is C17H24N2O4. The monoisotopic (exact) mass is 320 g/mol. The zero-order chi connectivity index (χ0) is 16.7. The van der Waals surface area contributed by atoms with Crippen molar-refractivity contribution in [2.45, 2.75) is 44.6 Å². The van der Waals surface area contributed by atoms with Crippen molar-refractivity contribution >= 4 is 12.0 Å². The van der Waals surface area contributed by atoms with Gasteiger partial charge >= 0.3 is 12.0 Å². The van der Waals surface area contributed by atoms with Gasteiger partial charge in [0, 0.05) is 12.6 Å². The molecule has 1 aliphatic rings. The molecular weight excluding hydrogens is 296 g/mol. The van der Waals surface area contributed by atoms with Crippen LogP contribution in [0, 0.1) is 5.92 Å². The van der Waals surface area contributed by atoms with E-state index in [2.05, 4.69) is 10.6 Å². The average Bonchev–Trinajstić information content (AvgIpc) is 2.54. The third-order valence-corrected chi connectivity index (χ3v) is 4.28. The first kappa shape index (κ1) is 17.1. The Kier molecular flexibility index (Phi) is 6.26. The second-order valence-electron chi connectivity index (χ2n) is 6.06. The number of carbonyl (C=O) groups is 2. The molecule has 0 radical (unpaired) electrons. The van der Waals surface area contributed by atoms with E-state index in [9.17, 15) is 14.7 Å². The van der Waals surface area contributed by atoms with Crippen LogP contribution >= 0.6 is 0 Å². The third kappa shape index (κ3) is 5.81. The van der Waals surface area contributed by atoms with Gasteiger partial charge in [0.05, 0.1) is 5.92 Å². The molecule has 0 saturated heterocycles. The number of amides is 2. The summed E-state index contributed by atoms with van der Waals surface area (Å²) in [7, 11) is 0. The Hall–Kier alpha value is -2.24. The number of urea groups is 1. The molecule has 2 amide bonds. The molecule has 1 fully saturated rings. The highest BCUT2D eigenvalue weighted by atomic mass is 16.4.